The predicted octanol–water partition coefficient (Wildman–Crippen LogP) is 2.50. The molecule has 0 saturated heterocycles. The van der Waals surface area contributed by atoms with Crippen molar-refractivity contribution in [3.05, 3.63) is 48.4 Å². The molecule has 74 valence electrons. The van der Waals surface area contributed by atoms with Gasteiger partial charge in [0.25, 0.3) is 0 Å². The fraction of sp³-hybridized carbons (Fsp3) is 0.167. The average Bonchev–Trinajstić information content (AvgIpc) is 2.82. The van der Waals surface area contributed by atoms with Crippen molar-refractivity contribution in [1.82, 2.24) is 9.55 Å². The Balaban J connectivity index is 2.30. The lowest BCUT2D eigenvalue weighted by Gasteiger charge is -2.04. The molecule has 0 saturated carbocycles. The Hall–Kier alpha value is -2.08. The Morgan fingerprint density at radius 2 is 2.07 bits per heavy atom. The van der Waals surface area contributed by atoms with Crippen molar-refractivity contribution in [3.63, 3.8) is 0 Å². The first kappa shape index (κ1) is 9.47. The molecule has 0 bridgehead atoms. The van der Waals surface area contributed by atoms with Gasteiger partial charge in [0.2, 0.25) is 0 Å². The smallest absolute Gasteiger partial charge is 0.136 e. The third-order valence-corrected chi connectivity index (χ3v) is 2.33. The highest BCUT2D eigenvalue weighted by atomic mass is 15.0. The minimum atomic E-state index is -0.101. The van der Waals surface area contributed by atoms with Gasteiger partial charge >= 0.3 is 0 Å². The number of aromatic nitrogens is 2. The SMILES string of the molecule is CC(C#N)c1ccc(-n2cccc2)nc1. The molecule has 0 spiro atoms. The van der Waals surface area contributed by atoms with Gasteiger partial charge in [-0.25, -0.2) is 4.98 Å². The summed E-state index contributed by atoms with van der Waals surface area (Å²) < 4.78 is 1.93. The standard InChI is InChI=1S/C12H11N3/c1-10(8-13)11-4-5-12(14-9-11)15-6-2-3-7-15/h2-7,9-10H,1H3. The highest BCUT2D eigenvalue weighted by Gasteiger charge is 2.04. The second-order valence-electron chi connectivity index (χ2n) is 3.39. The van der Waals surface area contributed by atoms with Crippen LogP contribution in [0.2, 0.25) is 0 Å². The van der Waals surface area contributed by atoms with E-state index in [4.69, 9.17) is 5.26 Å². The van der Waals surface area contributed by atoms with E-state index >= 15 is 0 Å². The van der Waals surface area contributed by atoms with Gasteiger partial charge in [0.1, 0.15) is 5.82 Å². The number of hydrogen-bond donors (Lipinski definition) is 0. The molecule has 0 aromatic carbocycles. The van der Waals surface area contributed by atoms with E-state index in [0.29, 0.717) is 0 Å². The van der Waals surface area contributed by atoms with Crippen molar-refractivity contribution in [3.8, 4) is 11.9 Å². The Morgan fingerprint density at radius 3 is 2.60 bits per heavy atom. The number of nitrogens with zero attached hydrogens (tertiary/aromatic N) is 3. The fourth-order valence-corrected chi connectivity index (χ4v) is 1.37. The van der Waals surface area contributed by atoms with E-state index in [9.17, 15) is 0 Å². The monoisotopic (exact) mass is 197 g/mol. The molecule has 2 aromatic rings. The zero-order valence-corrected chi connectivity index (χ0v) is 8.46. The largest absolute Gasteiger partial charge is 0.309 e. The predicted molar refractivity (Wildman–Crippen MR) is 57.6 cm³/mol. The Kier molecular flexibility index (Phi) is 2.51. The van der Waals surface area contributed by atoms with Crippen molar-refractivity contribution in [2.24, 2.45) is 0 Å². The first-order chi connectivity index (χ1) is 7.31. The highest BCUT2D eigenvalue weighted by Crippen LogP contribution is 2.14. The second kappa shape index (κ2) is 3.97. The van der Waals surface area contributed by atoms with Crippen LogP contribution in [-0.2, 0) is 0 Å². The van der Waals surface area contributed by atoms with Crippen LogP contribution < -0.4 is 0 Å². The topological polar surface area (TPSA) is 41.6 Å². The maximum absolute atomic E-state index is 8.76. The number of nitriles is 1. The zero-order valence-electron chi connectivity index (χ0n) is 8.46. The molecule has 0 amide bonds. The summed E-state index contributed by atoms with van der Waals surface area (Å²) in [5.74, 6) is 0.769. The Labute approximate surface area is 88.6 Å². The van der Waals surface area contributed by atoms with Crippen LogP contribution in [-0.4, -0.2) is 9.55 Å². The number of pyridine rings is 1. The van der Waals surface area contributed by atoms with Crippen LogP contribution in [0.4, 0.5) is 0 Å². The summed E-state index contributed by atoms with van der Waals surface area (Å²) in [5.41, 5.74) is 0.952. The molecule has 2 rings (SSSR count). The number of hydrogen-bond acceptors (Lipinski definition) is 2. The quantitative estimate of drug-likeness (QED) is 0.742. The van der Waals surface area contributed by atoms with Gasteiger partial charge in [-0.2, -0.15) is 5.26 Å². The lowest BCUT2D eigenvalue weighted by Crippen LogP contribution is -1.96. The van der Waals surface area contributed by atoms with Crippen LogP contribution in [0.3, 0.4) is 0 Å². The van der Waals surface area contributed by atoms with Gasteiger partial charge in [-0.3, -0.25) is 0 Å². The molecule has 0 fully saturated rings. The van der Waals surface area contributed by atoms with E-state index in [1.165, 1.54) is 0 Å². The summed E-state index contributed by atoms with van der Waals surface area (Å²) in [4.78, 5) is 4.30. The van der Waals surface area contributed by atoms with Gasteiger partial charge in [-0.15, -0.1) is 0 Å². The maximum Gasteiger partial charge on any atom is 0.136 e. The van der Waals surface area contributed by atoms with Gasteiger partial charge in [-0.05, 0) is 30.7 Å². The van der Waals surface area contributed by atoms with E-state index in [1.54, 1.807) is 6.20 Å². The first-order valence-corrected chi connectivity index (χ1v) is 4.80. The van der Waals surface area contributed by atoms with Crippen LogP contribution in [0.25, 0.3) is 5.82 Å². The molecular formula is C12H11N3. The molecule has 0 radical (unpaired) electrons. The summed E-state index contributed by atoms with van der Waals surface area (Å²) in [6.45, 7) is 1.87. The fourth-order valence-electron chi connectivity index (χ4n) is 1.37. The molecule has 3 nitrogen and oxygen atoms in total. The average molecular weight is 197 g/mol. The normalized spacial score (nSPS) is 12.0. The van der Waals surface area contributed by atoms with E-state index in [0.717, 1.165) is 11.4 Å². The minimum absolute atomic E-state index is 0.101. The van der Waals surface area contributed by atoms with Crippen LogP contribution in [0.1, 0.15) is 18.4 Å². The van der Waals surface area contributed by atoms with Gasteiger partial charge in [0, 0.05) is 18.6 Å². The van der Waals surface area contributed by atoms with Gasteiger partial charge < -0.3 is 4.57 Å². The molecule has 0 N–H and O–H groups in total. The maximum atomic E-state index is 8.76. The lowest BCUT2D eigenvalue weighted by atomic mass is 10.1. The molecule has 3 heteroatoms. The molecule has 1 unspecified atom stereocenters. The molecule has 0 aliphatic carbocycles. The summed E-state index contributed by atoms with van der Waals surface area (Å²) in [7, 11) is 0. The molecule has 0 aliphatic heterocycles. The van der Waals surface area contributed by atoms with E-state index in [1.807, 2.05) is 48.1 Å². The molecular weight excluding hydrogens is 186 g/mol. The van der Waals surface area contributed by atoms with Crippen molar-refractivity contribution in [1.29, 1.82) is 5.26 Å². The van der Waals surface area contributed by atoms with Crippen molar-refractivity contribution in [2.45, 2.75) is 12.8 Å². The summed E-state index contributed by atoms with van der Waals surface area (Å²) >= 11 is 0. The second-order valence-corrected chi connectivity index (χ2v) is 3.39. The third-order valence-electron chi connectivity index (χ3n) is 2.33. The van der Waals surface area contributed by atoms with E-state index in [-0.39, 0.29) is 5.92 Å². The minimum Gasteiger partial charge on any atom is -0.309 e. The highest BCUT2D eigenvalue weighted by molar-refractivity contribution is 5.29. The van der Waals surface area contributed by atoms with Gasteiger partial charge in [-0.1, -0.05) is 6.07 Å². The summed E-state index contributed by atoms with van der Waals surface area (Å²) in [6, 6.07) is 9.95. The molecule has 2 aromatic heterocycles. The van der Waals surface area contributed by atoms with Crippen molar-refractivity contribution in [2.75, 3.05) is 0 Å². The van der Waals surface area contributed by atoms with E-state index in [2.05, 4.69) is 11.1 Å². The lowest BCUT2D eigenvalue weighted by molar-refractivity contribution is 0.941. The Morgan fingerprint density at radius 1 is 1.33 bits per heavy atom. The van der Waals surface area contributed by atoms with Gasteiger partial charge in [0.05, 0.1) is 12.0 Å². The van der Waals surface area contributed by atoms with Crippen LogP contribution in [0, 0.1) is 11.3 Å². The molecule has 0 aliphatic rings. The van der Waals surface area contributed by atoms with Crippen molar-refractivity contribution < 1.29 is 0 Å². The molecule has 2 heterocycles. The zero-order chi connectivity index (χ0) is 10.7. The number of rotatable bonds is 2. The third kappa shape index (κ3) is 1.89. The van der Waals surface area contributed by atoms with Gasteiger partial charge in [0.15, 0.2) is 0 Å². The Bertz CT molecular complexity index is 463. The van der Waals surface area contributed by atoms with Crippen LogP contribution >= 0.6 is 0 Å². The van der Waals surface area contributed by atoms with Crippen LogP contribution in [0.5, 0.6) is 0 Å². The molecule has 15 heavy (non-hydrogen) atoms. The summed E-state index contributed by atoms with van der Waals surface area (Å²) in [5, 5.41) is 8.76. The molecule has 1 atom stereocenters. The van der Waals surface area contributed by atoms with Crippen molar-refractivity contribution >= 4 is 0 Å². The first-order valence-electron chi connectivity index (χ1n) is 4.80. The summed E-state index contributed by atoms with van der Waals surface area (Å²) in [6.07, 6.45) is 5.63. The van der Waals surface area contributed by atoms with Crippen LogP contribution in [0.15, 0.2) is 42.9 Å². The van der Waals surface area contributed by atoms with E-state index < -0.39 is 0 Å².